The van der Waals surface area contributed by atoms with Crippen molar-refractivity contribution >= 4 is 18.3 Å². The molecule has 0 saturated carbocycles. The molecule has 2 rings (SSSR count). The van der Waals surface area contributed by atoms with Gasteiger partial charge in [0.15, 0.2) is 0 Å². The van der Waals surface area contributed by atoms with E-state index in [1.165, 1.54) is 11.1 Å². The van der Waals surface area contributed by atoms with E-state index in [1.807, 2.05) is 24.0 Å². The molecule has 1 N–H and O–H groups in total. The van der Waals surface area contributed by atoms with Crippen LogP contribution in [0.4, 0.5) is 0 Å². The molecule has 100 valence electrons. The second-order valence-corrected chi connectivity index (χ2v) is 4.63. The minimum absolute atomic E-state index is 0. The molecule has 1 aromatic carbocycles. The average molecular weight is 269 g/mol. The molecule has 0 spiro atoms. The summed E-state index contributed by atoms with van der Waals surface area (Å²) in [6, 6.07) is 8.27. The number of hydrogen-bond acceptors (Lipinski definition) is 2. The van der Waals surface area contributed by atoms with Crippen molar-refractivity contribution in [2.24, 2.45) is 5.92 Å². The number of halogens is 1. The Kier molecular flexibility index (Phi) is 5.63. The molecule has 0 radical (unpaired) electrons. The molecule has 18 heavy (non-hydrogen) atoms. The van der Waals surface area contributed by atoms with Crippen LogP contribution >= 0.6 is 12.4 Å². The van der Waals surface area contributed by atoms with E-state index in [2.05, 4.69) is 24.4 Å². The Morgan fingerprint density at radius 2 is 2.06 bits per heavy atom. The van der Waals surface area contributed by atoms with Gasteiger partial charge in [0.1, 0.15) is 0 Å². The monoisotopic (exact) mass is 268 g/mol. The number of benzene rings is 1. The lowest BCUT2D eigenvalue weighted by Gasteiger charge is -2.32. The van der Waals surface area contributed by atoms with E-state index in [0.29, 0.717) is 0 Å². The van der Waals surface area contributed by atoms with Crippen molar-refractivity contribution in [1.82, 2.24) is 10.2 Å². The van der Waals surface area contributed by atoms with Gasteiger partial charge in [-0.15, -0.1) is 12.4 Å². The van der Waals surface area contributed by atoms with Gasteiger partial charge in [-0.2, -0.15) is 0 Å². The quantitative estimate of drug-likeness (QED) is 0.906. The van der Waals surface area contributed by atoms with Crippen LogP contribution in [0, 0.1) is 12.8 Å². The van der Waals surface area contributed by atoms with Crippen molar-refractivity contribution in [1.29, 1.82) is 0 Å². The Labute approximate surface area is 115 Å². The fourth-order valence-electron chi connectivity index (χ4n) is 2.06. The molecular weight excluding hydrogens is 248 g/mol. The zero-order valence-electron chi connectivity index (χ0n) is 11.0. The lowest BCUT2D eigenvalue weighted by Crippen LogP contribution is -2.51. The highest BCUT2D eigenvalue weighted by Crippen LogP contribution is 2.14. The van der Waals surface area contributed by atoms with E-state index in [0.717, 1.165) is 26.2 Å². The molecular formula is C14H21ClN2O. The van der Waals surface area contributed by atoms with Crippen LogP contribution in [0.1, 0.15) is 18.1 Å². The minimum atomic E-state index is 0. The summed E-state index contributed by atoms with van der Waals surface area (Å²) in [6.07, 6.45) is 0. The third kappa shape index (κ3) is 3.24. The van der Waals surface area contributed by atoms with E-state index >= 15 is 0 Å². The molecule has 1 aliphatic rings. The summed E-state index contributed by atoms with van der Waals surface area (Å²) in [5.41, 5.74) is 2.50. The lowest BCUT2D eigenvalue weighted by atomic mass is 10.0. The Morgan fingerprint density at radius 3 is 2.56 bits per heavy atom. The molecule has 1 fully saturated rings. The maximum atomic E-state index is 12.2. The fraction of sp³-hybridized carbons (Fsp3) is 0.500. The van der Waals surface area contributed by atoms with Crippen LogP contribution in [0.3, 0.4) is 0 Å². The first-order valence-electron chi connectivity index (χ1n) is 6.26. The molecule has 1 aliphatic heterocycles. The van der Waals surface area contributed by atoms with Crippen LogP contribution in [0.5, 0.6) is 0 Å². The molecule has 1 aromatic rings. The van der Waals surface area contributed by atoms with E-state index in [4.69, 9.17) is 0 Å². The largest absolute Gasteiger partial charge is 0.338 e. The summed E-state index contributed by atoms with van der Waals surface area (Å²) in [7, 11) is 0. The smallest absolute Gasteiger partial charge is 0.228 e. The van der Waals surface area contributed by atoms with Crippen molar-refractivity contribution in [3.63, 3.8) is 0 Å². The van der Waals surface area contributed by atoms with Gasteiger partial charge in [-0.1, -0.05) is 24.3 Å². The minimum Gasteiger partial charge on any atom is -0.338 e. The Bertz CT molecular complexity index is 405. The van der Waals surface area contributed by atoms with Gasteiger partial charge in [0.2, 0.25) is 5.91 Å². The van der Waals surface area contributed by atoms with Crippen LogP contribution in [0.2, 0.25) is 0 Å². The van der Waals surface area contributed by atoms with Gasteiger partial charge < -0.3 is 10.2 Å². The van der Waals surface area contributed by atoms with Gasteiger partial charge in [-0.05, 0) is 25.0 Å². The van der Waals surface area contributed by atoms with Gasteiger partial charge in [0.05, 0.1) is 5.92 Å². The number of rotatable bonds is 4. The molecule has 0 aliphatic carbocycles. The third-order valence-corrected chi connectivity index (χ3v) is 3.45. The summed E-state index contributed by atoms with van der Waals surface area (Å²) in [5, 5.41) is 3.15. The number of hydrogen-bond donors (Lipinski definition) is 1. The van der Waals surface area contributed by atoms with E-state index in [-0.39, 0.29) is 24.2 Å². The standard InChI is InChI=1S/C14H20N2O.ClH/c1-3-16(14(17)13-8-15-9-13)10-12-7-5-4-6-11(12)2;/h4-7,13,15H,3,8-10H2,1-2H3;1H. The molecule has 0 aromatic heterocycles. The predicted molar refractivity (Wildman–Crippen MR) is 75.9 cm³/mol. The zero-order valence-corrected chi connectivity index (χ0v) is 11.8. The number of carbonyl (C=O) groups is 1. The van der Waals surface area contributed by atoms with Crippen molar-refractivity contribution in [2.45, 2.75) is 20.4 Å². The maximum absolute atomic E-state index is 12.2. The van der Waals surface area contributed by atoms with Gasteiger partial charge in [-0.3, -0.25) is 4.79 Å². The molecule has 4 heteroatoms. The van der Waals surface area contributed by atoms with E-state index < -0.39 is 0 Å². The summed E-state index contributed by atoms with van der Waals surface area (Å²) >= 11 is 0. The van der Waals surface area contributed by atoms with Crippen molar-refractivity contribution < 1.29 is 4.79 Å². The lowest BCUT2D eigenvalue weighted by molar-refractivity contribution is -0.137. The first-order valence-corrected chi connectivity index (χ1v) is 6.26. The van der Waals surface area contributed by atoms with Gasteiger partial charge in [0.25, 0.3) is 0 Å². The molecule has 0 bridgehead atoms. The van der Waals surface area contributed by atoms with Crippen molar-refractivity contribution in [2.75, 3.05) is 19.6 Å². The number of amides is 1. The molecule has 1 heterocycles. The molecule has 1 amide bonds. The third-order valence-electron chi connectivity index (χ3n) is 3.45. The van der Waals surface area contributed by atoms with Crippen molar-refractivity contribution in [3.8, 4) is 0 Å². The Hall–Kier alpha value is -1.06. The predicted octanol–water partition coefficient (Wildman–Crippen LogP) is 1.98. The second-order valence-electron chi connectivity index (χ2n) is 4.63. The number of nitrogens with zero attached hydrogens (tertiary/aromatic N) is 1. The van der Waals surface area contributed by atoms with Crippen LogP contribution in [-0.2, 0) is 11.3 Å². The fourth-order valence-corrected chi connectivity index (χ4v) is 2.06. The molecule has 0 unspecified atom stereocenters. The number of nitrogens with one attached hydrogen (secondary N) is 1. The molecule has 3 nitrogen and oxygen atoms in total. The van der Waals surface area contributed by atoms with Crippen molar-refractivity contribution in [3.05, 3.63) is 35.4 Å². The summed E-state index contributed by atoms with van der Waals surface area (Å²) < 4.78 is 0. The maximum Gasteiger partial charge on any atom is 0.228 e. The van der Waals surface area contributed by atoms with E-state index in [9.17, 15) is 4.79 Å². The number of aryl methyl sites for hydroxylation is 1. The molecule has 0 atom stereocenters. The Morgan fingerprint density at radius 1 is 1.39 bits per heavy atom. The van der Waals surface area contributed by atoms with Crippen LogP contribution in [-0.4, -0.2) is 30.4 Å². The average Bonchev–Trinajstić information content (AvgIpc) is 2.25. The number of carbonyl (C=O) groups excluding carboxylic acids is 1. The first kappa shape index (κ1) is 15.0. The Balaban J connectivity index is 0.00000162. The summed E-state index contributed by atoms with van der Waals surface area (Å²) in [5.74, 6) is 0.480. The van der Waals surface area contributed by atoms with Crippen LogP contribution in [0.15, 0.2) is 24.3 Å². The SMILES string of the molecule is CCN(Cc1ccccc1C)C(=O)C1CNC1.Cl. The second kappa shape index (κ2) is 6.76. The normalized spacial score (nSPS) is 14.6. The highest BCUT2D eigenvalue weighted by Gasteiger charge is 2.28. The highest BCUT2D eigenvalue weighted by atomic mass is 35.5. The summed E-state index contributed by atoms with van der Waals surface area (Å²) in [4.78, 5) is 14.1. The van der Waals surface area contributed by atoms with E-state index in [1.54, 1.807) is 0 Å². The first-order chi connectivity index (χ1) is 8.22. The van der Waals surface area contributed by atoms with Gasteiger partial charge in [-0.25, -0.2) is 0 Å². The van der Waals surface area contributed by atoms with Crippen LogP contribution < -0.4 is 5.32 Å². The molecule has 1 saturated heterocycles. The topological polar surface area (TPSA) is 32.3 Å². The highest BCUT2D eigenvalue weighted by molar-refractivity contribution is 5.85. The van der Waals surface area contributed by atoms with Crippen LogP contribution in [0.25, 0.3) is 0 Å². The summed E-state index contributed by atoms with van der Waals surface area (Å²) in [6.45, 7) is 7.33. The van der Waals surface area contributed by atoms with Gasteiger partial charge >= 0.3 is 0 Å². The van der Waals surface area contributed by atoms with Gasteiger partial charge in [0, 0.05) is 26.2 Å². The zero-order chi connectivity index (χ0) is 12.3.